The molecule has 2 heteroatoms. The van der Waals surface area contributed by atoms with E-state index in [0.717, 1.165) is 22.3 Å². The maximum absolute atomic E-state index is 10.0. The Kier molecular flexibility index (Phi) is 3.50. The molecular weight excluding hydrogens is 224 g/mol. The van der Waals surface area contributed by atoms with Crippen LogP contribution in [0, 0.1) is 6.07 Å². The van der Waals surface area contributed by atoms with Crippen molar-refractivity contribution in [1.82, 2.24) is 0 Å². The zero-order chi connectivity index (χ0) is 13.2. The minimum absolute atomic E-state index is 0.0145. The lowest BCUT2D eigenvalue weighted by Crippen LogP contribution is -2.15. The molecule has 2 nitrogen and oxygen atoms in total. The van der Waals surface area contributed by atoms with Crippen LogP contribution in [-0.2, 0) is 12.2 Å². The SMILES string of the molecule is CC(C)(O)c1cccc(-c2[c]cccc2CO)c1. The Morgan fingerprint density at radius 3 is 2.61 bits per heavy atom. The van der Waals surface area contributed by atoms with Crippen molar-refractivity contribution in [3.63, 3.8) is 0 Å². The number of benzene rings is 2. The molecule has 0 bridgehead atoms. The lowest BCUT2D eigenvalue weighted by molar-refractivity contribution is 0.0786. The van der Waals surface area contributed by atoms with Crippen LogP contribution < -0.4 is 0 Å². The molecule has 0 atom stereocenters. The highest BCUT2D eigenvalue weighted by molar-refractivity contribution is 5.67. The van der Waals surface area contributed by atoms with Gasteiger partial charge in [-0.15, -0.1) is 0 Å². The summed E-state index contributed by atoms with van der Waals surface area (Å²) in [6.07, 6.45) is 0. The van der Waals surface area contributed by atoms with Crippen molar-refractivity contribution in [3.05, 3.63) is 59.7 Å². The average molecular weight is 241 g/mol. The Labute approximate surface area is 108 Å². The molecule has 0 aliphatic heterocycles. The van der Waals surface area contributed by atoms with Crippen molar-refractivity contribution in [3.8, 4) is 11.1 Å². The molecule has 0 amide bonds. The number of hydrogen-bond donors (Lipinski definition) is 2. The molecule has 0 aromatic heterocycles. The second-order valence-electron chi connectivity index (χ2n) is 4.87. The van der Waals surface area contributed by atoms with Gasteiger partial charge in [0.05, 0.1) is 12.2 Å². The predicted molar refractivity (Wildman–Crippen MR) is 71.9 cm³/mol. The van der Waals surface area contributed by atoms with Crippen LogP contribution in [0.5, 0.6) is 0 Å². The molecule has 0 aliphatic carbocycles. The van der Waals surface area contributed by atoms with E-state index < -0.39 is 5.60 Å². The third kappa shape index (κ3) is 2.61. The number of hydrogen-bond acceptors (Lipinski definition) is 2. The molecule has 2 N–H and O–H groups in total. The van der Waals surface area contributed by atoms with Crippen molar-refractivity contribution >= 4 is 0 Å². The van der Waals surface area contributed by atoms with Gasteiger partial charge in [0.25, 0.3) is 0 Å². The first-order chi connectivity index (χ1) is 8.52. The summed E-state index contributed by atoms with van der Waals surface area (Å²) in [6, 6.07) is 16.4. The van der Waals surface area contributed by atoms with Gasteiger partial charge >= 0.3 is 0 Å². The second kappa shape index (κ2) is 4.92. The van der Waals surface area contributed by atoms with Gasteiger partial charge in [0.2, 0.25) is 0 Å². The fourth-order valence-corrected chi connectivity index (χ4v) is 1.93. The van der Waals surface area contributed by atoms with Gasteiger partial charge in [-0.2, -0.15) is 0 Å². The molecular formula is C16H17O2. The monoisotopic (exact) mass is 241 g/mol. The summed E-state index contributed by atoms with van der Waals surface area (Å²) < 4.78 is 0. The normalized spacial score (nSPS) is 11.6. The van der Waals surface area contributed by atoms with Crippen molar-refractivity contribution in [2.24, 2.45) is 0 Å². The molecule has 2 aromatic rings. The van der Waals surface area contributed by atoms with E-state index in [1.54, 1.807) is 13.8 Å². The van der Waals surface area contributed by atoms with E-state index >= 15 is 0 Å². The highest BCUT2D eigenvalue weighted by atomic mass is 16.3. The van der Waals surface area contributed by atoms with Crippen LogP contribution in [0.3, 0.4) is 0 Å². The van der Waals surface area contributed by atoms with E-state index in [2.05, 4.69) is 6.07 Å². The highest BCUT2D eigenvalue weighted by Crippen LogP contribution is 2.28. The standard InChI is InChI=1S/C16H17O2/c1-16(2,18)14-8-5-7-12(10-14)15-9-4-3-6-13(15)11-17/h3-8,10,17-18H,11H2,1-2H3. The summed E-state index contributed by atoms with van der Waals surface area (Å²) in [5.74, 6) is 0. The summed E-state index contributed by atoms with van der Waals surface area (Å²) in [4.78, 5) is 0. The molecule has 2 rings (SSSR count). The van der Waals surface area contributed by atoms with Crippen molar-refractivity contribution in [1.29, 1.82) is 0 Å². The Balaban J connectivity index is 2.51. The first kappa shape index (κ1) is 12.8. The van der Waals surface area contributed by atoms with E-state index in [4.69, 9.17) is 0 Å². The summed E-state index contributed by atoms with van der Waals surface area (Å²) in [7, 11) is 0. The van der Waals surface area contributed by atoms with Gasteiger partial charge < -0.3 is 10.2 Å². The average Bonchev–Trinajstić information content (AvgIpc) is 2.38. The number of aliphatic hydroxyl groups is 2. The molecule has 1 radical (unpaired) electrons. The van der Waals surface area contributed by atoms with Gasteiger partial charge in [-0.1, -0.05) is 36.4 Å². The maximum atomic E-state index is 10.0. The number of aliphatic hydroxyl groups excluding tert-OH is 1. The third-order valence-electron chi connectivity index (χ3n) is 2.97. The Morgan fingerprint density at radius 2 is 1.94 bits per heavy atom. The Morgan fingerprint density at radius 1 is 1.17 bits per heavy atom. The lowest BCUT2D eigenvalue weighted by atomic mass is 9.93. The fraction of sp³-hybridized carbons (Fsp3) is 0.250. The molecule has 0 spiro atoms. The van der Waals surface area contributed by atoms with Gasteiger partial charge in [-0.25, -0.2) is 0 Å². The smallest absolute Gasteiger partial charge is 0.0840 e. The molecule has 18 heavy (non-hydrogen) atoms. The molecule has 2 aromatic carbocycles. The second-order valence-corrected chi connectivity index (χ2v) is 4.87. The fourth-order valence-electron chi connectivity index (χ4n) is 1.93. The molecule has 0 aliphatic rings. The molecule has 0 unspecified atom stereocenters. The molecule has 0 saturated heterocycles. The van der Waals surface area contributed by atoms with E-state index in [1.165, 1.54) is 0 Å². The van der Waals surface area contributed by atoms with Crippen LogP contribution in [-0.4, -0.2) is 10.2 Å². The van der Waals surface area contributed by atoms with Crippen LogP contribution >= 0.6 is 0 Å². The topological polar surface area (TPSA) is 40.5 Å². The first-order valence-corrected chi connectivity index (χ1v) is 5.96. The van der Waals surface area contributed by atoms with Gasteiger partial charge in [-0.3, -0.25) is 0 Å². The van der Waals surface area contributed by atoms with Gasteiger partial charge in [-0.05, 0) is 48.2 Å². The largest absolute Gasteiger partial charge is 0.392 e. The molecule has 0 saturated carbocycles. The zero-order valence-electron chi connectivity index (χ0n) is 10.6. The van der Waals surface area contributed by atoms with E-state index in [-0.39, 0.29) is 6.61 Å². The van der Waals surface area contributed by atoms with Crippen LogP contribution in [0.2, 0.25) is 0 Å². The maximum Gasteiger partial charge on any atom is 0.0840 e. The van der Waals surface area contributed by atoms with Crippen LogP contribution in [0.1, 0.15) is 25.0 Å². The van der Waals surface area contributed by atoms with Crippen molar-refractivity contribution < 1.29 is 10.2 Å². The van der Waals surface area contributed by atoms with E-state index in [0.29, 0.717) is 0 Å². The van der Waals surface area contributed by atoms with Gasteiger partial charge in [0.15, 0.2) is 0 Å². The Hall–Kier alpha value is -1.64. The summed E-state index contributed by atoms with van der Waals surface area (Å²) in [6.45, 7) is 3.50. The van der Waals surface area contributed by atoms with Crippen LogP contribution in [0.4, 0.5) is 0 Å². The quantitative estimate of drug-likeness (QED) is 0.867. The van der Waals surface area contributed by atoms with Crippen molar-refractivity contribution in [2.45, 2.75) is 26.1 Å². The minimum atomic E-state index is -0.871. The predicted octanol–water partition coefficient (Wildman–Crippen LogP) is 2.87. The molecule has 0 fully saturated rings. The third-order valence-corrected chi connectivity index (χ3v) is 2.97. The summed E-state index contributed by atoms with van der Waals surface area (Å²) >= 11 is 0. The molecule has 93 valence electrons. The van der Waals surface area contributed by atoms with Gasteiger partial charge in [0, 0.05) is 0 Å². The zero-order valence-corrected chi connectivity index (χ0v) is 10.6. The lowest BCUT2D eigenvalue weighted by Gasteiger charge is -2.19. The first-order valence-electron chi connectivity index (χ1n) is 5.96. The summed E-state index contributed by atoms with van der Waals surface area (Å²) in [5, 5.41) is 19.4. The minimum Gasteiger partial charge on any atom is -0.392 e. The summed E-state index contributed by atoms with van der Waals surface area (Å²) in [5.41, 5.74) is 2.65. The van der Waals surface area contributed by atoms with Crippen LogP contribution in [0.15, 0.2) is 42.5 Å². The highest BCUT2D eigenvalue weighted by Gasteiger charge is 2.16. The number of rotatable bonds is 3. The van der Waals surface area contributed by atoms with Crippen molar-refractivity contribution in [2.75, 3.05) is 0 Å². The van der Waals surface area contributed by atoms with Gasteiger partial charge in [0.1, 0.15) is 0 Å². The Bertz CT molecular complexity index is 539. The van der Waals surface area contributed by atoms with Crippen LogP contribution in [0.25, 0.3) is 11.1 Å². The van der Waals surface area contributed by atoms with E-state index in [1.807, 2.05) is 42.5 Å². The van der Waals surface area contributed by atoms with E-state index in [9.17, 15) is 10.2 Å². The molecule has 0 heterocycles.